The van der Waals surface area contributed by atoms with Crippen LogP contribution < -0.4 is 0 Å². The topological polar surface area (TPSA) is 18.5 Å². The molecule has 0 N–H and O–H groups in total. The zero-order valence-corrected chi connectivity index (χ0v) is 7.93. The molecule has 11 heavy (non-hydrogen) atoms. The van der Waals surface area contributed by atoms with E-state index in [9.17, 15) is 0 Å². The Morgan fingerprint density at radius 1 is 1.00 bits per heavy atom. The summed E-state index contributed by atoms with van der Waals surface area (Å²) in [6, 6.07) is 0. The smallest absolute Gasteiger partial charge is 0.0518 e. The minimum atomic E-state index is 0.373. The monoisotopic (exact) mass is 160 g/mol. The lowest BCUT2D eigenvalue weighted by Crippen LogP contribution is -2.03. The average Bonchev–Trinajstić information content (AvgIpc) is 1.96. The first-order chi connectivity index (χ1) is 5.27. The predicted octanol–water partition coefficient (Wildman–Crippen LogP) is 2.23. The fraction of sp³-hybridized carbons (Fsp3) is 1.00. The van der Waals surface area contributed by atoms with Gasteiger partial charge in [-0.1, -0.05) is 0 Å². The molecule has 2 nitrogen and oxygen atoms in total. The van der Waals surface area contributed by atoms with Crippen LogP contribution in [0.15, 0.2) is 0 Å². The summed E-state index contributed by atoms with van der Waals surface area (Å²) in [5.41, 5.74) is 0. The van der Waals surface area contributed by atoms with Gasteiger partial charge in [-0.2, -0.15) is 0 Å². The van der Waals surface area contributed by atoms with Crippen LogP contribution in [0.5, 0.6) is 0 Å². The first-order valence-corrected chi connectivity index (χ1v) is 4.38. The molecule has 0 bridgehead atoms. The van der Waals surface area contributed by atoms with Gasteiger partial charge in [0.2, 0.25) is 0 Å². The molecule has 0 aromatic heterocycles. The second-order valence-corrected chi connectivity index (χ2v) is 2.97. The molecule has 0 aliphatic carbocycles. The lowest BCUT2D eigenvalue weighted by Gasteiger charge is -2.06. The van der Waals surface area contributed by atoms with Crippen molar-refractivity contribution in [2.75, 3.05) is 20.3 Å². The Bertz CT molecular complexity index is 72.0. The van der Waals surface area contributed by atoms with Crippen molar-refractivity contribution in [2.24, 2.45) is 0 Å². The molecular formula is C9H20O2. The molecule has 0 heterocycles. The van der Waals surface area contributed by atoms with Gasteiger partial charge in [0.1, 0.15) is 0 Å². The second-order valence-electron chi connectivity index (χ2n) is 2.97. The Morgan fingerprint density at radius 2 is 1.64 bits per heavy atom. The number of methoxy groups -OCH3 is 1. The molecule has 0 aliphatic heterocycles. The first-order valence-electron chi connectivity index (χ1n) is 4.38. The summed E-state index contributed by atoms with van der Waals surface area (Å²) in [7, 11) is 1.74. The van der Waals surface area contributed by atoms with Crippen LogP contribution in [-0.2, 0) is 9.47 Å². The van der Waals surface area contributed by atoms with E-state index >= 15 is 0 Å². The predicted molar refractivity (Wildman–Crippen MR) is 46.8 cm³/mol. The minimum absolute atomic E-state index is 0.373. The number of hydrogen-bond donors (Lipinski definition) is 0. The zero-order valence-electron chi connectivity index (χ0n) is 7.93. The minimum Gasteiger partial charge on any atom is -0.385 e. The summed E-state index contributed by atoms with van der Waals surface area (Å²) in [6.07, 6.45) is 3.89. The van der Waals surface area contributed by atoms with Gasteiger partial charge < -0.3 is 9.47 Å². The number of ether oxygens (including phenoxy) is 2. The summed E-state index contributed by atoms with van der Waals surface area (Å²) in [5.74, 6) is 0. The quantitative estimate of drug-likeness (QED) is 0.532. The van der Waals surface area contributed by atoms with E-state index in [4.69, 9.17) is 9.47 Å². The van der Waals surface area contributed by atoms with E-state index in [0.717, 1.165) is 26.1 Å². The normalized spacial score (nSPS) is 10.9. The number of hydrogen-bond acceptors (Lipinski definition) is 2. The third kappa shape index (κ3) is 9.92. The van der Waals surface area contributed by atoms with Gasteiger partial charge in [0.15, 0.2) is 0 Å². The fourth-order valence-corrected chi connectivity index (χ4v) is 0.844. The highest BCUT2D eigenvalue weighted by molar-refractivity contribution is 4.42. The molecule has 0 aromatic carbocycles. The summed E-state index contributed by atoms with van der Waals surface area (Å²) in [5, 5.41) is 0. The van der Waals surface area contributed by atoms with Crippen LogP contribution in [0.3, 0.4) is 0 Å². The van der Waals surface area contributed by atoms with Crippen molar-refractivity contribution in [3.05, 3.63) is 0 Å². The Kier molecular flexibility index (Phi) is 7.96. The van der Waals surface area contributed by atoms with E-state index in [1.165, 1.54) is 6.42 Å². The maximum Gasteiger partial charge on any atom is 0.0518 e. The van der Waals surface area contributed by atoms with E-state index in [2.05, 4.69) is 13.8 Å². The zero-order chi connectivity index (χ0) is 8.53. The van der Waals surface area contributed by atoms with Gasteiger partial charge in [0.25, 0.3) is 0 Å². The van der Waals surface area contributed by atoms with Gasteiger partial charge in [0, 0.05) is 20.3 Å². The Balaban J connectivity index is 2.80. The molecule has 0 radical (unpaired) electrons. The highest BCUT2D eigenvalue weighted by Gasteiger charge is 1.92. The maximum absolute atomic E-state index is 5.38. The summed E-state index contributed by atoms with van der Waals surface area (Å²) in [6.45, 7) is 5.90. The van der Waals surface area contributed by atoms with Crippen molar-refractivity contribution in [3.8, 4) is 0 Å². The Hall–Kier alpha value is -0.0800. The first kappa shape index (κ1) is 10.9. The molecule has 0 saturated heterocycles. The van der Waals surface area contributed by atoms with Crippen LogP contribution >= 0.6 is 0 Å². The third-order valence-corrected chi connectivity index (χ3v) is 1.44. The van der Waals surface area contributed by atoms with Gasteiger partial charge in [-0.15, -0.1) is 0 Å². The molecule has 2 heteroatoms. The van der Waals surface area contributed by atoms with Crippen LogP contribution in [0.2, 0.25) is 0 Å². The van der Waals surface area contributed by atoms with Crippen molar-refractivity contribution in [1.29, 1.82) is 0 Å². The lowest BCUT2D eigenvalue weighted by molar-refractivity contribution is 0.0743. The summed E-state index contributed by atoms with van der Waals surface area (Å²) in [4.78, 5) is 0. The Labute approximate surface area is 69.9 Å². The van der Waals surface area contributed by atoms with Gasteiger partial charge in [-0.3, -0.25) is 0 Å². The SMILES string of the molecule is COCCCCCOC(C)C. The van der Waals surface area contributed by atoms with E-state index in [1.54, 1.807) is 7.11 Å². The molecule has 0 aromatic rings. The van der Waals surface area contributed by atoms with Crippen LogP contribution in [0.4, 0.5) is 0 Å². The molecule has 0 aliphatic rings. The van der Waals surface area contributed by atoms with Crippen molar-refractivity contribution in [1.82, 2.24) is 0 Å². The maximum atomic E-state index is 5.38. The van der Waals surface area contributed by atoms with Crippen LogP contribution in [0.1, 0.15) is 33.1 Å². The number of rotatable bonds is 7. The second kappa shape index (κ2) is 8.02. The fourth-order valence-electron chi connectivity index (χ4n) is 0.844. The van der Waals surface area contributed by atoms with Crippen molar-refractivity contribution in [3.63, 3.8) is 0 Å². The van der Waals surface area contributed by atoms with Gasteiger partial charge in [0.05, 0.1) is 6.10 Å². The molecule has 0 saturated carbocycles. The molecule has 0 amide bonds. The average molecular weight is 160 g/mol. The van der Waals surface area contributed by atoms with Gasteiger partial charge in [-0.25, -0.2) is 0 Å². The summed E-state index contributed by atoms with van der Waals surface area (Å²) >= 11 is 0. The molecule has 0 unspecified atom stereocenters. The highest BCUT2D eigenvalue weighted by Crippen LogP contribution is 1.97. The van der Waals surface area contributed by atoms with Crippen molar-refractivity contribution in [2.45, 2.75) is 39.2 Å². The molecule has 0 atom stereocenters. The molecular weight excluding hydrogens is 140 g/mol. The molecule has 0 fully saturated rings. The van der Waals surface area contributed by atoms with Crippen LogP contribution in [0, 0.1) is 0 Å². The largest absolute Gasteiger partial charge is 0.385 e. The standard InChI is InChI=1S/C9H20O2/c1-9(2)11-8-6-4-5-7-10-3/h9H,4-8H2,1-3H3. The molecule has 0 rings (SSSR count). The van der Waals surface area contributed by atoms with E-state index in [1.807, 2.05) is 0 Å². The third-order valence-electron chi connectivity index (χ3n) is 1.44. The summed E-state index contributed by atoms with van der Waals surface area (Å²) < 4.78 is 10.3. The number of unbranched alkanes of at least 4 members (excludes halogenated alkanes) is 2. The van der Waals surface area contributed by atoms with Crippen molar-refractivity contribution < 1.29 is 9.47 Å². The van der Waals surface area contributed by atoms with Crippen molar-refractivity contribution >= 4 is 0 Å². The van der Waals surface area contributed by atoms with E-state index in [0.29, 0.717) is 6.10 Å². The van der Waals surface area contributed by atoms with Gasteiger partial charge in [-0.05, 0) is 33.1 Å². The molecule has 0 spiro atoms. The van der Waals surface area contributed by atoms with Crippen LogP contribution in [-0.4, -0.2) is 26.4 Å². The van der Waals surface area contributed by atoms with E-state index in [-0.39, 0.29) is 0 Å². The molecule has 68 valence electrons. The highest BCUT2D eigenvalue weighted by atomic mass is 16.5. The van der Waals surface area contributed by atoms with Gasteiger partial charge >= 0.3 is 0 Å². The Morgan fingerprint density at radius 3 is 2.18 bits per heavy atom. The van der Waals surface area contributed by atoms with Crippen LogP contribution in [0.25, 0.3) is 0 Å². The lowest BCUT2D eigenvalue weighted by atomic mass is 10.2. The van der Waals surface area contributed by atoms with E-state index < -0.39 is 0 Å².